The summed E-state index contributed by atoms with van der Waals surface area (Å²) < 4.78 is 0. The van der Waals surface area contributed by atoms with Gasteiger partial charge in [0.2, 0.25) is 0 Å². The van der Waals surface area contributed by atoms with Crippen LogP contribution in [0.15, 0.2) is 0 Å². The van der Waals surface area contributed by atoms with Gasteiger partial charge in [0.1, 0.15) is 0 Å². The van der Waals surface area contributed by atoms with Crippen LogP contribution in [-0.2, 0) is 0 Å². The van der Waals surface area contributed by atoms with Gasteiger partial charge in [-0.25, -0.2) is 0 Å². The Labute approximate surface area is 126 Å². The van der Waals surface area contributed by atoms with E-state index in [1.54, 1.807) is 0 Å². The highest BCUT2D eigenvalue weighted by Gasteiger charge is 2.38. The van der Waals surface area contributed by atoms with Gasteiger partial charge in [-0.05, 0) is 57.0 Å². The second-order valence-corrected chi connectivity index (χ2v) is 8.13. The van der Waals surface area contributed by atoms with Crippen LogP contribution in [0.25, 0.3) is 0 Å². The van der Waals surface area contributed by atoms with Crippen molar-refractivity contribution in [3.63, 3.8) is 0 Å². The Bertz CT molecular complexity index is 281. The monoisotopic (exact) mass is 280 g/mol. The van der Waals surface area contributed by atoms with Crippen LogP contribution in [0.4, 0.5) is 0 Å². The van der Waals surface area contributed by atoms with Gasteiger partial charge in [0.05, 0.1) is 0 Å². The average Bonchev–Trinajstić information content (AvgIpc) is 2.39. The fourth-order valence-corrected chi connectivity index (χ4v) is 4.89. The Kier molecular flexibility index (Phi) is 5.92. The summed E-state index contributed by atoms with van der Waals surface area (Å²) in [7, 11) is 4.51. The lowest BCUT2D eigenvalue weighted by Crippen LogP contribution is -2.51. The fraction of sp³-hybridized carbons (Fsp3) is 1.00. The third-order valence-electron chi connectivity index (χ3n) is 5.86. The van der Waals surface area contributed by atoms with Crippen LogP contribution < -0.4 is 5.32 Å². The quantitative estimate of drug-likeness (QED) is 0.821. The van der Waals surface area contributed by atoms with E-state index >= 15 is 0 Å². The highest BCUT2D eigenvalue weighted by atomic mass is 15.1. The van der Waals surface area contributed by atoms with Gasteiger partial charge in [0.25, 0.3) is 0 Å². The maximum Gasteiger partial charge on any atom is 0.0156 e. The molecule has 0 aromatic carbocycles. The fourth-order valence-electron chi connectivity index (χ4n) is 4.89. The number of nitrogens with one attached hydrogen (secondary N) is 1. The Balaban J connectivity index is 1.83. The van der Waals surface area contributed by atoms with Crippen molar-refractivity contribution in [2.24, 2.45) is 17.3 Å². The van der Waals surface area contributed by atoms with Gasteiger partial charge in [0.15, 0.2) is 0 Å². The minimum atomic E-state index is 0.462. The molecule has 0 aromatic heterocycles. The van der Waals surface area contributed by atoms with Crippen LogP contribution in [0.5, 0.6) is 0 Å². The first kappa shape index (κ1) is 16.3. The molecule has 20 heavy (non-hydrogen) atoms. The van der Waals surface area contributed by atoms with E-state index in [1.807, 2.05) is 0 Å². The van der Waals surface area contributed by atoms with Crippen LogP contribution in [0.3, 0.4) is 0 Å². The van der Waals surface area contributed by atoms with E-state index in [2.05, 4.69) is 38.2 Å². The van der Waals surface area contributed by atoms with E-state index in [0.29, 0.717) is 11.5 Å². The molecule has 0 radical (unpaired) electrons. The van der Waals surface area contributed by atoms with Gasteiger partial charge in [-0.1, -0.05) is 39.5 Å². The van der Waals surface area contributed by atoms with Gasteiger partial charge in [0, 0.05) is 19.1 Å². The van der Waals surface area contributed by atoms with Crippen molar-refractivity contribution in [1.82, 2.24) is 10.2 Å². The first-order chi connectivity index (χ1) is 9.53. The van der Waals surface area contributed by atoms with E-state index in [9.17, 15) is 0 Å². The predicted molar refractivity (Wildman–Crippen MR) is 88.0 cm³/mol. The summed E-state index contributed by atoms with van der Waals surface area (Å²) in [5.74, 6) is 1.80. The van der Waals surface area contributed by atoms with Gasteiger partial charge < -0.3 is 10.2 Å². The molecule has 2 rings (SSSR count). The SMILES string of the molecule is CNC1C(CN(C)CC2CCCCC2)CCCC1(C)C. The van der Waals surface area contributed by atoms with Crippen molar-refractivity contribution in [3.05, 3.63) is 0 Å². The highest BCUT2D eigenvalue weighted by molar-refractivity contribution is 4.93. The van der Waals surface area contributed by atoms with Gasteiger partial charge in [-0.2, -0.15) is 0 Å². The molecule has 2 atom stereocenters. The lowest BCUT2D eigenvalue weighted by atomic mass is 9.68. The lowest BCUT2D eigenvalue weighted by Gasteiger charge is -2.45. The molecule has 2 nitrogen and oxygen atoms in total. The first-order valence-corrected chi connectivity index (χ1v) is 8.89. The van der Waals surface area contributed by atoms with E-state index in [1.165, 1.54) is 64.5 Å². The number of hydrogen-bond acceptors (Lipinski definition) is 2. The maximum atomic E-state index is 3.63. The molecule has 2 saturated carbocycles. The van der Waals surface area contributed by atoms with Crippen molar-refractivity contribution < 1.29 is 0 Å². The number of rotatable bonds is 5. The Morgan fingerprint density at radius 1 is 1.00 bits per heavy atom. The van der Waals surface area contributed by atoms with Crippen LogP contribution >= 0.6 is 0 Å². The van der Waals surface area contributed by atoms with Crippen molar-refractivity contribution in [3.8, 4) is 0 Å². The minimum Gasteiger partial charge on any atom is -0.316 e. The molecule has 0 saturated heterocycles. The Morgan fingerprint density at radius 3 is 2.35 bits per heavy atom. The van der Waals surface area contributed by atoms with Gasteiger partial charge >= 0.3 is 0 Å². The van der Waals surface area contributed by atoms with Crippen molar-refractivity contribution in [1.29, 1.82) is 0 Å². The van der Waals surface area contributed by atoms with E-state index in [4.69, 9.17) is 0 Å². The van der Waals surface area contributed by atoms with Crippen LogP contribution in [0.1, 0.15) is 65.2 Å². The molecule has 118 valence electrons. The van der Waals surface area contributed by atoms with E-state index in [-0.39, 0.29) is 0 Å². The van der Waals surface area contributed by atoms with Crippen molar-refractivity contribution in [2.75, 3.05) is 27.2 Å². The first-order valence-electron chi connectivity index (χ1n) is 8.89. The van der Waals surface area contributed by atoms with Gasteiger partial charge in [-0.3, -0.25) is 0 Å². The minimum absolute atomic E-state index is 0.462. The average molecular weight is 280 g/mol. The topological polar surface area (TPSA) is 15.3 Å². The summed E-state index contributed by atoms with van der Waals surface area (Å²) in [6, 6.07) is 0.685. The largest absolute Gasteiger partial charge is 0.316 e. The molecule has 2 aliphatic rings. The molecule has 2 fully saturated rings. The standard InChI is InChI=1S/C18H36N2/c1-18(2)12-8-11-16(17(18)19-3)14-20(4)13-15-9-6-5-7-10-15/h15-17,19H,5-14H2,1-4H3. The summed E-state index contributed by atoms with van der Waals surface area (Å²) in [6.45, 7) is 7.50. The van der Waals surface area contributed by atoms with Crippen LogP contribution in [0.2, 0.25) is 0 Å². The molecule has 0 amide bonds. The Morgan fingerprint density at radius 2 is 1.70 bits per heavy atom. The molecule has 0 bridgehead atoms. The lowest BCUT2D eigenvalue weighted by molar-refractivity contribution is 0.0842. The molecule has 0 aliphatic heterocycles. The van der Waals surface area contributed by atoms with Crippen molar-refractivity contribution in [2.45, 2.75) is 71.3 Å². The summed E-state index contributed by atoms with van der Waals surface area (Å²) >= 11 is 0. The zero-order valence-corrected chi connectivity index (χ0v) is 14.3. The second kappa shape index (κ2) is 7.26. The summed E-state index contributed by atoms with van der Waals surface area (Å²) in [5, 5.41) is 3.63. The highest BCUT2D eigenvalue weighted by Crippen LogP contribution is 2.39. The zero-order valence-electron chi connectivity index (χ0n) is 14.3. The molecule has 0 heterocycles. The van der Waals surface area contributed by atoms with Crippen molar-refractivity contribution >= 4 is 0 Å². The second-order valence-electron chi connectivity index (χ2n) is 8.13. The third kappa shape index (κ3) is 4.21. The molecular formula is C18H36N2. The van der Waals surface area contributed by atoms with E-state index < -0.39 is 0 Å². The zero-order chi connectivity index (χ0) is 14.6. The molecule has 2 aliphatic carbocycles. The smallest absolute Gasteiger partial charge is 0.0156 e. The third-order valence-corrected chi connectivity index (χ3v) is 5.86. The molecule has 0 aromatic rings. The molecule has 2 unspecified atom stereocenters. The van der Waals surface area contributed by atoms with E-state index in [0.717, 1.165) is 11.8 Å². The molecule has 0 spiro atoms. The molecule has 2 heteroatoms. The molecule has 1 N–H and O–H groups in total. The summed E-state index contributed by atoms with van der Waals surface area (Å²) in [5.41, 5.74) is 0.462. The Hall–Kier alpha value is -0.0800. The van der Waals surface area contributed by atoms with Crippen LogP contribution in [-0.4, -0.2) is 38.1 Å². The summed E-state index contributed by atoms with van der Waals surface area (Å²) in [4.78, 5) is 2.63. The molecular weight excluding hydrogens is 244 g/mol. The maximum absolute atomic E-state index is 3.63. The number of nitrogens with zero attached hydrogens (tertiary/aromatic N) is 1. The summed E-state index contributed by atoms with van der Waals surface area (Å²) in [6.07, 6.45) is 11.5. The van der Waals surface area contributed by atoms with Crippen LogP contribution in [0, 0.1) is 17.3 Å². The predicted octanol–water partition coefficient (Wildman–Crippen LogP) is 3.91. The van der Waals surface area contributed by atoms with Gasteiger partial charge in [-0.15, -0.1) is 0 Å². The number of hydrogen-bond donors (Lipinski definition) is 1. The normalized spacial score (nSPS) is 31.6.